The normalized spacial score (nSPS) is 11.5. The first-order valence-electron chi connectivity index (χ1n) is 7.36. The van der Waals surface area contributed by atoms with Gasteiger partial charge in [-0.05, 0) is 31.7 Å². The van der Waals surface area contributed by atoms with E-state index >= 15 is 0 Å². The van der Waals surface area contributed by atoms with Crippen LogP contribution >= 0.6 is 0 Å². The summed E-state index contributed by atoms with van der Waals surface area (Å²) >= 11 is 0. The van der Waals surface area contributed by atoms with Gasteiger partial charge in [0.1, 0.15) is 6.26 Å². The lowest BCUT2D eigenvalue weighted by molar-refractivity contribution is 0.484. The highest BCUT2D eigenvalue weighted by Gasteiger charge is 2.14. The number of hydrogen-bond acceptors (Lipinski definition) is 4. The number of oxazole rings is 1. The Morgan fingerprint density at radius 2 is 1.74 bits per heavy atom. The molecule has 1 aromatic rings. The van der Waals surface area contributed by atoms with Crippen molar-refractivity contribution in [2.24, 2.45) is 11.8 Å². The predicted molar refractivity (Wildman–Crippen MR) is 80.4 cm³/mol. The van der Waals surface area contributed by atoms with Gasteiger partial charge in [0.2, 0.25) is 0 Å². The van der Waals surface area contributed by atoms with E-state index in [1.54, 1.807) is 6.26 Å². The van der Waals surface area contributed by atoms with Gasteiger partial charge in [-0.25, -0.2) is 0 Å². The molecule has 0 atom stereocenters. The molecule has 0 bridgehead atoms. The third kappa shape index (κ3) is 6.10. The zero-order valence-corrected chi connectivity index (χ0v) is 13.1. The number of nitrogens with zero attached hydrogens (tertiary/aromatic N) is 2. The van der Waals surface area contributed by atoms with Crippen molar-refractivity contribution in [1.29, 1.82) is 0 Å². The molecule has 1 rings (SSSR count). The molecule has 0 aromatic carbocycles. The second-order valence-electron chi connectivity index (χ2n) is 6.00. The van der Waals surface area contributed by atoms with Crippen LogP contribution in [-0.2, 0) is 6.54 Å². The molecule has 0 amide bonds. The van der Waals surface area contributed by atoms with E-state index in [1.165, 1.54) is 12.8 Å². The number of hydrogen-bond donors (Lipinski definition) is 1. The summed E-state index contributed by atoms with van der Waals surface area (Å²) in [5.41, 5.74) is 0.969. The summed E-state index contributed by atoms with van der Waals surface area (Å²) in [7, 11) is 1.92. The van der Waals surface area contributed by atoms with Crippen molar-refractivity contribution >= 4 is 6.01 Å². The lowest BCUT2D eigenvalue weighted by atomic mass is 10.1. The molecule has 4 heteroatoms. The number of nitrogens with one attached hydrogen (secondary N) is 1. The van der Waals surface area contributed by atoms with E-state index in [0.717, 1.165) is 31.3 Å². The molecule has 0 fully saturated rings. The average molecular weight is 267 g/mol. The molecule has 0 aliphatic rings. The van der Waals surface area contributed by atoms with Gasteiger partial charge in [0.05, 0.1) is 5.69 Å². The molecule has 0 saturated heterocycles. The smallest absolute Gasteiger partial charge is 0.297 e. The highest BCUT2D eigenvalue weighted by Crippen LogP contribution is 2.17. The molecule has 110 valence electrons. The van der Waals surface area contributed by atoms with Crippen molar-refractivity contribution in [3.05, 3.63) is 12.0 Å². The maximum absolute atomic E-state index is 5.62. The van der Waals surface area contributed by atoms with E-state index in [0.29, 0.717) is 11.8 Å². The second kappa shape index (κ2) is 8.20. The molecule has 4 nitrogen and oxygen atoms in total. The first-order chi connectivity index (χ1) is 9.02. The monoisotopic (exact) mass is 267 g/mol. The Kier molecular flexibility index (Phi) is 6.92. The van der Waals surface area contributed by atoms with Crippen LogP contribution in [-0.4, -0.2) is 25.1 Å². The Morgan fingerprint density at radius 1 is 1.16 bits per heavy atom. The molecule has 0 radical (unpaired) electrons. The van der Waals surface area contributed by atoms with Gasteiger partial charge >= 0.3 is 0 Å². The van der Waals surface area contributed by atoms with E-state index in [9.17, 15) is 0 Å². The van der Waals surface area contributed by atoms with Crippen LogP contribution in [0.15, 0.2) is 10.7 Å². The van der Waals surface area contributed by atoms with Gasteiger partial charge in [0, 0.05) is 19.6 Å². The minimum atomic E-state index is 0.702. The van der Waals surface area contributed by atoms with Gasteiger partial charge in [-0.15, -0.1) is 0 Å². The molecule has 0 saturated carbocycles. The maximum atomic E-state index is 5.62. The maximum Gasteiger partial charge on any atom is 0.297 e. The molecular weight excluding hydrogens is 238 g/mol. The quantitative estimate of drug-likeness (QED) is 0.745. The van der Waals surface area contributed by atoms with E-state index in [-0.39, 0.29) is 0 Å². The molecule has 0 aliphatic carbocycles. The fraction of sp³-hybridized carbons (Fsp3) is 0.800. The van der Waals surface area contributed by atoms with Crippen LogP contribution < -0.4 is 10.2 Å². The van der Waals surface area contributed by atoms with E-state index in [1.807, 2.05) is 7.05 Å². The number of anilines is 1. The first kappa shape index (κ1) is 16.0. The topological polar surface area (TPSA) is 41.3 Å². The largest absolute Gasteiger partial charge is 0.432 e. The number of rotatable bonds is 9. The molecule has 19 heavy (non-hydrogen) atoms. The molecule has 0 unspecified atom stereocenters. The molecule has 1 aromatic heterocycles. The van der Waals surface area contributed by atoms with E-state index in [4.69, 9.17) is 4.42 Å². The lowest BCUT2D eigenvalue weighted by Crippen LogP contribution is -2.28. The summed E-state index contributed by atoms with van der Waals surface area (Å²) in [5.74, 6) is 1.40. The summed E-state index contributed by atoms with van der Waals surface area (Å²) in [6, 6.07) is 0.770. The SMILES string of the molecule is CNCc1coc(N(CCC(C)C)CCC(C)C)n1. The van der Waals surface area contributed by atoms with Crippen molar-refractivity contribution in [3.8, 4) is 0 Å². The zero-order chi connectivity index (χ0) is 14.3. The Labute approximate surface area is 117 Å². The Bertz CT molecular complexity index is 335. The van der Waals surface area contributed by atoms with Gasteiger partial charge in [-0.1, -0.05) is 27.7 Å². The Morgan fingerprint density at radius 3 is 2.21 bits per heavy atom. The standard InChI is InChI=1S/C15H29N3O/c1-12(2)6-8-18(9-7-13(3)4)15-17-14(10-16-5)11-19-15/h11-13,16H,6-10H2,1-5H3. The second-order valence-corrected chi connectivity index (χ2v) is 6.00. The van der Waals surface area contributed by atoms with E-state index < -0.39 is 0 Å². The highest BCUT2D eigenvalue weighted by molar-refractivity contribution is 5.26. The molecule has 0 aliphatic heterocycles. The summed E-state index contributed by atoms with van der Waals surface area (Å²) in [6.07, 6.45) is 4.09. The lowest BCUT2D eigenvalue weighted by Gasteiger charge is -2.22. The minimum absolute atomic E-state index is 0.702. The average Bonchev–Trinajstić information content (AvgIpc) is 2.77. The summed E-state index contributed by atoms with van der Waals surface area (Å²) < 4.78 is 5.62. The molecule has 1 heterocycles. The van der Waals surface area contributed by atoms with Crippen molar-refractivity contribution in [3.63, 3.8) is 0 Å². The minimum Gasteiger partial charge on any atom is -0.432 e. The van der Waals surface area contributed by atoms with Crippen LogP contribution in [0.3, 0.4) is 0 Å². The van der Waals surface area contributed by atoms with Crippen LogP contribution in [0.2, 0.25) is 0 Å². The van der Waals surface area contributed by atoms with Crippen molar-refractivity contribution in [2.45, 2.75) is 47.1 Å². The van der Waals surface area contributed by atoms with Crippen molar-refractivity contribution in [1.82, 2.24) is 10.3 Å². The van der Waals surface area contributed by atoms with Crippen LogP contribution in [0.1, 0.15) is 46.2 Å². The van der Waals surface area contributed by atoms with Gasteiger partial charge in [0.25, 0.3) is 6.01 Å². The van der Waals surface area contributed by atoms with Gasteiger partial charge in [0.15, 0.2) is 0 Å². The van der Waals surface area contributed by atoms with Gasteiger partial charge in [-0.2, -0.15) is 4.98 Å². The van der Waals surface area contributed by atoms with Gasteiger partial charge < -0.3 is 14.6 Å². The molecule has 1 N–H and O–H groups in total. The predicted octanol–water partition coefficient (Wildman–Crippen LogP) is 3.29. The zero-order valence-electron chi connectivity index (χ0n) is 13.1. The first-order valence-corrected chi connectivity index (χ1v) is 7.36. The fourth-order valence-corrected chi connectivity index (χ4v) is 1.84. The van der Waals surface area contributed by atoms with E-state index in [2.05, 4.69) is 42.9 Å². The van der Waals surface area contributed by atoms with Crippen LogP contribution in [0.25, 0.3) is 0 Å². The molecular formula is C15H29N3O. The van der Waals surface area contributed by atoms with Gasteiger partial charge in [-0.3, -0.25) is 0 Å². The summed E-state index contributed by atoms with van der Waals surface area (Å²) in [4.78, 5) is 6.83. The summed E-state index contributed by atoms with van der Waals surface area (Å²) in [5, 5.41) is 3.10. The third-order valence-corrected chi connectivity index (χ3v) is 3.12. The Hall–Kier alpha value is -1.03. The van der Waals surface area contributed by atoms with Crippen molar-refractivity contribution < 1.29 is 4.42 Å². The fourth-order valence-electron chi connectivity index (χ4n) is 1.84. The van der Waals surface area contributed by atoms with Crippen LogP contribution in [0, 0.1) is 11.8 Å². The Balaban J connectivity index is 2.63. The third-order valence-electron chi connectivity index (χ3n) is 3.12. The highest BCUT2D eigenvalue weighted by atomic mass is 16.4. The van der Waals surface area contributed by atoms with Crippen LogP contribution in [0.5, 0.6) is 0 Å². The van der Waals surface area contributed by atoms with Crippen molar-refractivity contribution in [2.75, 3.05) is 25.0 Å². The summed E-state index contributed by atoms with van der Waals surface area (Å²) in [6.45, 7) is 11.8. The number of aromatic nitrogens is 1. The molecule has 0 spiro atoms. The van der Waals surface area contributed by atoms with Crippen LogP contribution in [0.4, 0.5) is 6.01 Å².